The van der Waals surface area contributed by atoms with Crippen LogP contribution in [0.3, 0.4) is 0 Å². The highest BCUT2D eigenvalue weighted by molar-refractivity contribution is 6.36. The van der Waals surface area contributed by atoms with Gasteiger partial charge in [0.15, 0.2) is 11.6 Å². The second kappa shape index (κ2) is 7.47. The number of halogens is 2. The predicted molar refractivity (Wildman–Crippen MR) is 116 cm³/mol. The zero-order valence-electron chi connectivity index (χ0n) is 16.0. The highest BCUT2D eigenvalue weighted by atomic mass is 35.5. The van der Waals surface area contributed by atoms with Crippen LogP contribution in [-0.4, -0.2) is 25.5 Å². The van der Waals surface area contributed by atoms with Crippen molar-refractivity contribution in [2.75, 3.05) is 5.32 Å². The summed E-state index contributed by atoms with van der Waals surface area (Å²) in [4.78, 5) is 28.8. The second-order valence-electron chi connectivity index (χ2n) is 7.34. The maximum Gasteiger partial charge on any atom is 0.275 e. The summed E-state index contributed by atoms with van der Waals surface area (Å²) in [6.45, 7) is 0. The largest absolute Gasteiger partial charge is 0.328 e. The Morgan fingerprint density at radius 1 is 1.16 bits per heavy atom. The van der Waals surface area contributed by atoms with Crippen molar-refractivity contribution in [3.63, 3.8) is 0 Å². The molecule has 2 aliphatic rings. The van der Waals surface area contributed by atoms with Crippen molar-refractivity contribution in [2.24, 2.45) is 0 Å². The van der Waals surface area contributed by atoms with Crippen molar-refractivity contribution in [3.8, 4) is 11.4 Å². The quantitative estimate of drug-likeness (QED) is 0.430. The number of para-hydroxylation sites is 1. The average Bonchev–Trinajstić information content (AvgIpc) is 3.15. The molecule has 1 aliphatic heterocycles. The van der Waals surface area contributed by atoms with Gasteiger partial charge in [-0.2, -0.15) is 4.98 Å². The summed E-state index contributed by atoms with van der Waals surface area (Å²) in [5.41, 5.74) is 2.10. The van der Waals surface area contributed by atoms with E-state index < -0.39 is 11.0 Å². The minimum absolute atomic E-state index is 0.0517. The van der Waals surface area contributed by atoms with E-state index in [1.807, 2.05) is 0 Å². The number of carbonyl (C=O) groups is 1. The third-order valence-electron chi connectivity index (χ3n) is 5.47. The van der Waals surface area contributed by atoms with Gasteiger partial charge in [-0.25, -0.2) is 4.68 Å². The normalized spacial score (nSPS) is 17.7. The number of benzene rings is 2. The Labute approximate surface area is 186 Å². The van der Waals surface area contributed by atoms with Gasteiger partial charge >= 0.3 is 0 Å². The molecule has 10 heteroatoms. The SMILES string of the molecule is O=C1CCCC2=C1C(c1ccccc1[N+](=O)[O-])n1nc(-c3ccc(Cl)cc3Cl)nc1N2. The molecule has 2 aromatic carbocycles. The van der Waals surface area contributed by atoms with Crippen LogP contribution in [0.4, 0.5) is 11.6 Å². The first kappa shape index (κ1) is 19.7. The molecule has 8 nitrogen and oxygen atoms in total. The standard InChI is InChI=1S/C21H15Cl2N5O3/c22-11-8-9-12(14(23)10-11)20-25-21-24-15-5-3-7-17(29)18(15)19(27(21)26-20)13-4-1-2-6-16(13)28(30)31/h1-2,4,6,8-10,19H,3,5,7H2,(H,24,25,26). The smallest absolute Gasteiger partial charge is 0.275 e. The monoisotopic (exact) mass is 455 g/mol. The van der Waals surface area contributed by atoms with Crippen molar-refractivity contribution in [3.05, 3.63) is 79.5 Å². The lowest BCUT2D eigenvalue weighted by atomic mass is 9.85. The number of nitrogens with one attached hydrogen (secondary N) is 1. The third kappa shape index (κ3) is 3.28. The summed E-state index contributed by atoms with van der Waals surface area (Å²) in [5, 5.41) is 20.4. The molecule has 0 saturated heterocycles. The molecule has 1 unspecified atom stereocenters. The molecule has 2 heterocycles. The number of Topliss-reactive ketones (excluding diaryl/α,β-unsaturated/α-hetero) is 1. The molecule has 0 amide bonds. The van der Waals surface area contributed by atoms with Crippen LogP contribution in [0, 0.1) is 10.1 Å². The first-order valence-electron chi connectivity index (χ1n) is 9.62. The van der Waals surface area contributed by atoms with E-state index in [2.05, 4.69) is 15.4 Å². The first-order valence-corrected chi connectivity index (χ1v) is 10.4. The molecule has 0 radical (unpaired) electrons. The summed E-state index contributed by atoms with van der Waals surface area (Å²) in [5.74, 6) is 0.682. The van der Waals surface area contributed by atoms with Crippen LogP contribution in [0.15, 0.2) is 53.7 Å². The molecule has 1 aliphatic carbocycles. The Morgan fingerprint density at radius 3 is 2.74 bits per heavy atom. The van der Waals surface area contributed by atoms with Gasteiger partial charge in [0, 0.05) is 34.3 Å². The van der Waals surface area contributed by atoms with E-state index in [-0.39, 0.29) is 11.5 Å². The van der Waals surface area contributed by atoms with Crippen LogP contribution in [0.5, 0.6) is 0 Å². The number of rotatable bonds is 3. The molecule has 5 rings (SSSR count). The van der Waals surface area contributed by atoms with E-state index in [0.29, 0.717) is 57.8 Å². The van der Waals surface area contributed by atoms with Crippen molar-refractivity contribution >= 4 is 40.6 Å². The van der Waals surface area contributed by atoms with Crippen LogP contribution < -0.4 is 5.32 Å². The van der Waals surface area contributed by atoms with Crippen LogP contribution in [0.2, 0.25) is 10.0 Å². The Balaban J connectivity index is 1.73. The summed E-state index contributed by atoms with van der Waals surface area (Å²) < 4.78 is 1.53. The Bertz CT molecular complexity index is 1280. The van der Waals surface area contributed by atoms with E-state index >= 15 is 0 Å². The van der Waals surface area contributed by atoms with E-state index in [1.54, 1.807) is 36.4 Å². The predicted octanol–water partition coefficient (Wildman–Crippen LogP) is 5.18. The number of aromatic nitrogens is 3. The van der Waals surface area contributed by atoms with Gasteiger partial charge in [0.25, 0.3) is 5.69 Å². The van der Waals surface area contributed by atoms with Crippen LogP contribution in [0.1, 0.15) is 30.9 Å². The first-order chi connectivity index (χ1) is 14.9. The lowest BCUT2D eigenvalue weighted by Gasteiger charge is -2.31. The Kier molecular flexibility index (Phi) is 4.75. The number of fused-ring (bicyclic) bond motifs is 1. The maximum absolute atomic E-state index is 12.9. The number of ketones is 1. The fourth-order valence-corrected chi connectivity index (χ4v) is 4.61. The molecule has 0 spiro atoms. The number of nitro groups is 1. The Hall–Kier alpha value is -3.23. The van der Waals surface area contributed by atoms with Gasteiger partial charge in [-0.3, -0.25) is 14.9 Å². The summed E-state index contributed by atoms with van der Waals surface area (Å²) in [7, 11) is 0. The Morgan fingerprint density at radius 2 is 1.97 bits per heavy atom. The van der Waals surface area contributed by atoms with Gasteiger partial charge in [0.2, 0.25) is 5.95 Å². The topological polar surface area (TPSA) is 103 Å². The van der Waals surface area contributed by atoms with Gasteiger partial charge in [-0.1, -0.05) is 35.3 Å². The number of hydrogen-bond donors (Lipinski definition) is 1. The fraction of sp³-hybridized carbons (Fsp3) is 0.190. The molecule has 3 aromatic rings. The van der Waals surface area contributed by atoms with Gasteiger partial charge in [-0.05, 0) is 37.1 Å². The van der Waals surface area contributed by atoms with Crippen molar-refractivity contribution in [1.29, 1.82) is 0 Å². The highest BCUT2D eigenvalue weighted by Gasteiger charge is 2.39. The number of nitro benzene ring substituents is 1. The van der Waals surface area contributed by atoms with Gasteiger partial charge < -0.3 is 5.32 Å². The molecule has 0 bridgehead atoms. The molecule has 0 fully saturated rings. The van der Waals surface area contributed by atoms with Gasteiger partial charge in [0.1, 0.15) is 6.04 Å². The summed E-state index contributed by atoms with van der Waals surface area (Å²) in [6.07, 6.45) is 1.75. The number of allylic oxidation sites excluding steroid dienone is 2. The molecule has 31 heavy (non-hydrogen) atoms. The summed E-state index contributed by atoms with van der Waals surface area (Å²) in [6, 6.07) is 10.6. The molecular weight excluding hydrogens is 441 g/mol. The van der Waals surface area contributed by atoms with Crippen LogP contribution in [0.25, 0.3) is 11.4 Å². The number of anilines is 1. The minimum atomic E-state index is -0.757. The lowest BCUT2D eigenvalue weighted by molar-refractivity contribution is -0.385. The lowest BCUT2D eigenvalue weighted by Crippen LogP contribution is -2.31. The second-order valence-corrected chi connectivity index (χ2v) is 8.18. The molecule has 1 aromatic heterocycles. The van der Waals surface area contributed by atoms with E-state index in [9.17, 15) is 14.9 Å². The minimum Gasteiger partial charge on any atom is -0.328 e. The third-order valence-corrected chi connectivity index (χ3v) is 6.02. The van der Waals surface area contributed by atoms with Crippen LogP contribution in [-0.2, 0) is 4.79 Å². The van der Waals surface area contributed by atoms with Crippen molar-refractivity contribution in [1.82, 2.24) is 14.8 Å². The van der Waals surface area contributed by atoms with Gasteiger partial charge in [0.05, 0.1) is 15.5 Å². The van der Waals surface area contributed by atoms with Crippen molar-refractivity contribution in [2.45, 2.75) is 25.3 Å². The van der Waals surface area contributed by atoms with E-state index in [1.165, 1.54) is 10.7 Å². The van der Waals surface area contributed by atoms with E-state index in [4.69, 9.17) is 23.2 Å². The van der Waals surface area contributed by atoms with E-state index in [0.717, 1.165) is 5.70 Å². The average molecular weight is 456 g/mol. The number of hydrogen-bond acceptors (Lipinski definition) is 6. The summed E-state index contributed by atoms with van der Waals surface area (Å²) >= 11 is 12.3. The maximum atomic E-state index is 12.9. The molecule has 1 atom stereocenters. The van der Waals surface area contributed by atoms with Crippen molar-refractivity contribution < 1.29 is 9.72 Å². The zero-order valence-corrected chi connectivity index (χ0v) is 17.5. The fourth-order valence-electron chi connectivity index (χ4n) is 4.11. The molecule has 1 N–H and O–H groups in total. The zero-order chi connectivity index (χ0) is 21.7. The van der Waals surface area contributed by atoms with Gasteiger partial charge in [-0.15, -0.1) is 5.10 Å². The molecular formula is C21H15Cl2N5O3. The molecule has 0 saturated carbocycles. The molecule has 156 valence electrons. The number of carbonyl (C=O) groups excluding carboxylic acids is 1. The number of nitrogens with zero attached hydrogens (tertiary/aromatic N) is 4. The van der Waals surface area contributed by atoms with Crippen LogP contribution >= 0.6 is 23.2 Å². The highest BCUT2D eigenvalue weighted by Crippen LogP contribution is 2.43.